The van der Waals surface area contributed by atoms with Gasteiger partial charge < -0.3 is 5.11 Å². The summed E-state index contributed by atoms with van der Waals surface area (Å²) in [5.74, 6) is 2.25. The number of aromatic nitrogens is 2. The molecule has 33 heavy (non-hydrogen) atoms. The molecule has 3 aromatic rings. The summed E-state index contributed by atoms with van der Waals surface area (Å²) in [4.78, 5) is 4.61. The highest BCUT2D eigenvalue weighted by Gasteiger charge is 2.26. The summed E-state index contributed by atoms with van der Waals surface area (Å²) in [6, 6.07) is 11.9. The Hall–Kier alpha value is -2.34. The number of rotatable bonds is 4. The van der Waals surface area contributed by atoms with Gasteiger partial charge in [0.2, 0.25) is 0 Å². The molecule has 6 heteroatoms. The summed E-state index contributed by atoms with van der Waals surface area (Å²) < 4.78 is 28.2. The minimum Gasteiger partial charge on any atom is -0.507 e. The van der Waals surface area contributed by atoms with Crippen molar-refractivity contribution in [1.29, 1.82) is 0 Å². The molecule has 1 aliphatic rings. The van der Waals surface area contributed by atoms with Gasteiger partial charge in [0.25, 0.3) is 10.0 Å². The minimum absolute atomic E-state index is 0.104. The van der Waals surface area contributed by atoms with Crippen molar-refractivity contribution in [1.82, 2.24) is 8.96 Å². The zero-order chi connectivity index (χ0) is 23.6. The molecule has 1 N–H and O–H groups in total. The largest absolute Gasteiger partial charge is 0.507 e. The van der Waals surface area contributed by atoms with E-state index in [0.29, 0.717) is 23.2 Å². The van der Waals surface area contributed by atoms with Crippen LogP contribution in [-0.4, -0.2) is 22.5 Å². The van der Waals surface area contributed by atoms with Crippen LogP contribution in [0.2, 0.25) is 0 Å². The first-order valence-electron chi connectivity index (χ1n) is 12.3. The molecule has 0 bridgehead atoms. The molecule has 4 rings (SSSR count). The fourth-order valence-corrected chi connectivity index (χ4v) is 7.08. The molecule has 0 aliphatic heterocycles. The molecule has 1 aliphatic carbocycles. The number of aryl methyl sites for hydroxylation is 1. The van der Waals surface area contributed by atoms with Crippen LogP contribution in [-0.2, 0) is 16.4 Å². The highest BCUT2D eigenvalue weighted by Crippen LogP contribution is 2.33. The van der Waals surface area contributed by atoms with Gasteiger partial charge in [0, 0.05) is 0 Å². The monoisotopic (exact) mass is 468 g/mol. The summed E-state index contributed by atoms with van der Waals surface area (Å²) in [6.45, 7) is 6.47. The fraction of sp³-hybridized carbons (Fsp3) is 0.519. The third-order valence-electron chi connectivity index (χ3n) is 7.22. The molecule has 1 aromatic heterocycles. The smallest absolute Gasteiger partial charge is 0.273 e. The van der Waals surface area contributed by atoms with E-state index in [-0.39, 0.29) is 10.6 Å². The van der Waals surface area contributed by atoms with Crippen LogP contribution < -0.4 is 0 Å². The molecule has 178 valence electrons. The molecule has 0 saturated heterocycles. The van der Waals surface area contributed by atoms with Crippen molar-refractivity contribution >= 4 is 21.1 Å². The Labute approximate surface area is 197 Å². The van der Waals surface area contributed by atoms with E-state index in [2.05, 4.69) is 19.9 Å². The Morgan fingerprint density at radius 3 is 2.42 bits per heavy atom. The number of aromatic hydroxyl groups is 1. The first-order valence-corrected chi connectivity index (χ1v) is 13.7. The van der Waals surface area contributed by atoms with Gasteiger partial charge in [-0.2, -0.15) is 0 Å². The number of phenolic OH excluding ortho intramolecular Hbond substituents is 1. The van der Waals surface area contributed by atoms with Gasteiger partial charge in [0.15, 0.2) is 0 Å². The summed E-state index contributed by atoms with van der Waals surface area (Å²) in [7, 11) is -3.96. The highest BCUT2D eigenvalue weighted by atomic mass is 32.2. The van der Waals surface area contributed by atoms with Gasteiger partial charge in [0.1, 0.15) is 16.5 Å². The molecule has 0 amide bonds. The lowest BCUT2D eigenvalue weighted by Crippen LogP contribution is -2.15. The van der Waals surface area contributed by atoms with E-state index in [1.807, 2.05) is 12.1 Å². The molecule has 1 saturated carbocycles. The molecule has 1 heterocycles. The second kappa shape index (κ2) is 9.88. The summed E-state index contributed by atoms with van der Waals surface area (Å²) in [5, 5.41) is 10.2. The quantitative estimate of drug-likeness (QED) is 0.477. The lowest BCUT2D eigenvalue weighted by atomic mass is 9.81. The Morgan fingerprint density at radius 1 is 0.970 bits per heavy atom. The van der Waals surface area contributed by atoms with Gasteiger partial charge in [-0.15, -0.1) is 0 Å². The highest BCUT2D eigenvalue weighted by molar-refractivity contribution is 7.90. The number of hydrogen-bond acceptors (Lipinski definition) is 4. The second-order valence-electron chi connectivity index (χ2n) is 10.1. The predicted molar refractivity (Wildman–Crippen MR) is 133 cm³/mol. The lowest BCUT2D eigenvalue weighted by Gasteiger charge is -2.24. The van der Waals surface area contributed by atoms with Gasteiger partial charge >= 0.3 is 0 Å². The number of nitrogens with zero attached hydrogens (tertiary/aromatic N) is 2. The van der Waals surface area contributed by atoms with E-state index < -0.39 is 10.0 Å². The lowest BCUT2D eigenvalue weighted by molar-refractivity contribution is 0.301. The fourth-order valence-electron chi connectivity index (χ4n) is 5.51. The second-order valence-corrected chi connectivity index (χ2v) is 11.8. The molecule has 5 nitrogen and oxygen atoms in total. The zero-order valence-corrected chi connectivity index (χ0v) is 20.8. The van der Waals surface area contributed by atoms with Crippen LogP contribution in [0.15, 0.2) is 47.4 Å². The van der Waals surface area contributed by atoms with Crippen molar-refractivity contribution in [2.45, 2.75) is 77.0 Å². The molecule has 0 radical (unpaired) electrons. The molecule has 2 aromatic carbocycles. The normalized spacial score (nSPS) is 22.9. The average molecular weight is 469 g/mol. The van der Waals surface area contributed by atoms with E-state index in [0.717, 1.165) is 23.4 Å². The predicted octanol–water partition coefficient (Wildman–Crippen LogP) is 6.46. The molecule has 0 spiro atoms. The van der Waals surface area contributed by atoms with E-state index in [9.17, 15) is 13.5 Å². The summed E-state index contributed by atoms with van der Waals surface area (Å²) >= 11 is 0. The number of para-hydroxylation sites is 2. The van der Waals surface area contributed by atoms with Crippen molar-refractivity contribution in [3.63, 3.8) is 0 Å². The van der Waals surface area contributed by atoms with E-state index in [4.69, 9.17) is 4.98 Å². The van der Waals surface area contributed by atoms with E-state index in [1.165, 1.54) is 61.1 Å². The minimum atomic E-state index is -3.96. The Balaban J connectivity index is 1.69. The first kappa shape index (κ1) is 23.8. The number of phenols is 1. The van der Waals surface area contributed by atoms with Crippen molar-refractivity contribution in [2.24, 2.45) is 17.8 Å². The average Bonchev–Trinajstić information content (AvgIpc) is 3.11. The molecular formula is C27H36N2O3S. The van der Waals surface area contributed by atoms with Crippen LogP contribution in [0.4, 0.5) is 0 Å². The van der Waals surface area contributed by atoms with Gasteiger partial charge in [-0.05, 0) is 61.3 Å². The van der Waals surface area contributed by atoms with Crippen LogP contribution in [0, 0.1) is 24.7 Å². The Morgan fingerprint density at radius 2 is 1.67 bits per heavy atom. The van der Waals surface area contributed by atoms with Gasteiger partial charge in [0.05, 0.1) is 11.0 Å². The van der Waals surface area contributed by atoms with Crippen molar-refractivity contribution in [2.75, 3.05) is 0 Å². The maximum absolute atomic E-state index is 13.4. The number of imidazole rings is 1. The standard InChI is InChI=1S/C27H36N2O3S/c1-19-9-6-11-20(2)17-22(12-7-10-19)18-23-13-8-14-24-27(23)28-21(3)29(24)33(31,32)26-16-5-4-15-25(26)30/h4-5,8,13-16,19-20,22,30H,6-7,9-12,17-18H2,1-3H3. The van der Waals surface area contributed by atoms with Gasteiger partial charge in [-0.1, -0.05) is 76.6 Å². The van der Waals surface area contributed by atoms with Crippen LogP contribution in [0.3, 0.4) is 0 Å². The van der Waals surface area contributed by atoms with Crippen LogP contribution in [0.5, 0.6) is 5.75 Å². The third-order valence-corrected chi connectivity index (χ3v) is 9.06. The maximum Gasteiger partial charge on any atom is 0.273 e. The first-order chi connectivity index (χ1) is 15.8. The number of hydrogen-bond donors (Lipinski definition) is 1. The summed E-state index contributed by atoms with van der Waals surface area (Å²) in [5.41, 5.74) is 2.45. The molecule has 3 unspecified atom stereocenters. The zero-order valence-electron chi connectivity index (χ0n) is 20.0. The van der Waals surface area contributed by atoms with Crippen molar-refractivity contribution < 1.29 is 13.5 Å². The molecule has 1 fully saturated rings. The third kappa shape index (κ3) is 5.11. The van der Waals surface area contributed by atoms with Gasteiger partial charge in [-0.25, -0.2) is 17.4 Å². The van der Waals surface area contributed by atoms with E-state index in [1.54, 1.807) is 19.1 Å². The van der Waals surface area contributed by atoms with Crippen molar-refractivity contribution in [3.05, 3.63) is 53.9 Å². The number of benzene rings is 2. The summed E-state index contributed by atoms with van der Waals surface area (Å²) in [6.07, 6.45) is 9.84. The number of fused-ring (bicyclic) bond motifs is 1. The SMILES string of the molecule is Cc1nc2c(CC3CCCC(C)CCCC(C)C3)cccc2n1S(=O)(=O)c1ccccc1O. The molecular weight excluding hydrogens is 432 g/mol. The molecule has 3 atom stereocenters. The van der Waals surface area contributed by atoms with Gasteiger partial charge in [-0.3, -0.25) is 0 Å². The van der Waals surface area contributed by atoms with E-state index >= 15 is 0 Å². The van der Waals surface area contributed by atoms with Crippen molar-refractivity contribution in [3.8, 4) is 5.75 Å². The topological polar surface area (TPSA) is 72.2 Å². The van der Waals surface area contributed by atoms with Crippen LogP contribution >= 0.6 is 0 Å². The Kier molecular flexibility index (Phi) is 7.13. The van der Waals surface area contributed by atoms with Crippen LogP contribution in [0.1, 0.15) is 70.2 Å². The Bertz CT molecular complexity index is 1220. The van der Waals surface area contributed by atoms with Crippen LogP contribution in [0.25, 0.3) is 11.0 Å². The maximum atomic E-state index is 13.4.